The highest BCUT2D eigenvalue weighted by molar-refractivity contribution is 8.00. The van der Waals surface area contributed by atoms with Gasteiger partial charge in [0.15, 0.2) is 0 Å². The molecule has 0 spiro atoms. The molecule has 28 heavy (non-hydrogen) atoms. The van der Waals surface area contributed by atoms with Crippen LogP contribution in [0.5, 0.6) is 0 Å². The number of benzene rings is 2. The SMILES string of the molecule is CCNC(=O)NC(=O)[C@H](Sc1nnc(-c2ccc(F)cc2)o1)c1ccccc1. The maximum Gasteiger partial charge on any atom is 0.321 e. The van der Waals surface area contributed by atoms with Gasteiger partial charge in [0.2, 0.25) is 11.8 Å². The predicted octanol–water partition coefficient (Wildman–Crippen LogP) is 3.55. The van der Waals surface area contributed by atoms with Crippen molar-refractivity contribution < 1.29 is 18.4 Å². The number of nitrogens with one attached hydrogen (secondary N) is 2. The summed E-state index contributed by atoms with van der Waals surface area (Å²) in [5.41, 5.74) is 1.24. The van der Waals surface area contributed by atoms with Crippen LogP contribution in [-0.2, 0) is 4.79 Å². The van der Waals surface area contributed by atoms with Crippen LogP contribution in [0.2, 0.25) is 0 Å². The van der Waals surface area contributed by atoms with E-state index in [-0.39, 0.29) is 16.9 Å². The molecule has 9 heteroatoms. The third-order valence-corrected chi connectivity index (χ3v) is 4.72. The molecule has 1 heterocycles. The van der Waals surface area contributed by atoms with Gasteiger partial charge in [-0.2, -0.15) is 0 Å². The molecule has 3 rings (SSSR count). The van der Waals surface area contributed by atoms with Gasteiger partial charge in [0, 0.05) is 12.1 Å². The number of hydrogen-bond donors (Lipinski definition) is 2. The summed E-state index contributed by atoms with van der Waals surface area (Å²) in [6.07, 6.45) is 0. The van der Waals surface area contributed by atoms with Crippen LogP contribution in [-0.4, -0.2) is 28.7 Å². The molecule has 3 amide bonds. The molecule has 2 aromatic carbocycles. The quantitative estimate of drug-likeness (QED) is 0.614. The largest absolute Gasteiger partial charge is 0.411 e. The summed E-state index contributed by atoms with van der Waals surface area (Å²) >= 11 is 1.02. The number of rotatable bonds is 6. The third kappa shape index (κ3) is 4.95. The van der Waals surface area contributed by atoms with E-state index in [1.165, 1.54) is 24.3 Å². The van der Waals surface area contributed by atoms with Gasteiger partial charge in [-0.1, -0.05) is 30.3 Å². The van der Waals surface area contributed by atoms with Gasteiger partial charge in [-0.3, -0.25) is 10.1 Å². The van der Waals surface area contributed by atoms with Crippen LogP contribution in [0.15, 0.2) is 64.2 Å². The van der Waals surface area contributed by atoms with Crippen molar-refractivity contribution in [1.82, 2.24) is 20.8 Å². The van der Waals surface area contributed by atoms with Crippen molar-refractivity contribution in [3.05, 3.63) is 66.0 Å². The predicted molar refractivity (Wildman–Crippen MR) is 102 cm³/mol. The Morgan fingerprint density at radius 2 is 1.82 bits per heavy atom. The Hall–Kier alpha value is -3.20. The van der Waals surface area contributed by atoms with Crippen molar-refractivity contribution in [3.63, 3.8) is 0 Å². The van der Waals surface area contributed by atoms with E-state index in [0.29, 0.717) is 17.7 Å². The zero-order chi connectivity index (χ0) is 19.9. The normalized spacial score (nSPS) is 11.6. The first-order chi connectivity index (χ1) is 13.6. The lowest BCUT2D eigenvalue weighted by molar-refractivity contribution is -0.119. The van der Waals surface area contributed by atoms with Crippen molar-refractivity contribution in [3.8, 4) is 11.5 Å². The molecular formula is C19H17FN4O3S. The average Bonchev–Trinajstić information content (AvgIpc) is 3.16. The Balaban J connectivity index is 1.81. The molecule has 0 aliphatic carbocycles. The van der Waals surface area contributed by atoms with Crippen molar-refractivity contribution >= 4 is 23.7 Å². The minimum atomic E-state index is -0.773. The summed E-state index contributed by atoms with van der Waals surface area (Å²) in [6.45, 7) is 2.15. The Kier molecular flexibility index (Phi) is 6.38. The highest BCUT2D eigenvalue weighted by Crippen LogP contribution is 2.35. The number of thioether (sulfide) groups is 1. The molecule has 2 N–H and O–H groups in total. The summed E-state index contributed by atoms with van der Waals surface area (Å²) < 4.78 is 18.7. The van der Waals surface area contributed by atoms with Crippen LogP contribution in [0.3, 0.4) is 0 Å². The molecule has 7 nitrogen and oxygen atoms in total. The van der Waals surface area contributed by atoms with E-state index in [4.69, 9.17) is 4.42 Å². The summed E-state index contributed by atoms with van der Waals surface area (Å²) in [7, 11) is 0. The smallest absolute Gasteiger partial charge is 0.321 e. The number of urea groups is 1. The monoisotopic (exact) mass is 400 g/mol. The zero-order valence-corrected chi connectivity index (χ0v) is 15.7. The van der Waals surface area contributed by atoms with Crippen molar-refractivity contribution in [2.75, 3.05) is 6.54 Å². The fraction of sp³-hybridized carbons (Fsp3) is 0.158. The number of carbonyl (C=O) groups is 2. The molecule has 3 aromatic rings. The van der Waals surface area contributed by atoms with Crippen LogP contribution >= 0.6 is 11.8 Å². The lowest BCUT2D eigenvalue weighted by Crippen LogP contribution is -2.41. The molecule has 0 saturated heterocycles. The molecule has 0 bridgehead atoms. The summed E-state index contributed by atoms with van der Waals surface area (Å²) in [4.78, 5) is 24.3. The Morgan fingerprint density at radius 1 is 1.11 bits per heavy atom. The highest BCUT2D eigenvalue weighted by atomic mass is 32.2. The van der Waals surface area contributed by atoms with Gasteiger partial charge in [-0.05, 0) is 48.5 Å². The van der Waals surface area contributed by atoms with Crippen LogP contribution in [0.4, 0.5) is 9.18 Å². The number of carbonyl (C=O) groups excluding carboxylic acids is 2. The van der Waals surface area contributed by atoms with E-state index in [2.05, 4.69) is 20.8 Å². The van der Waals surface area contributed by atoms with Crippen LogP contribution in [0, 0.1) is 5.82 Å². The van der Waals surface area contributed by atoms with E-state index in [1.807, 2.05) is 6.07 Å². The van der Waals surface area contributed by atoms with Crippen molar-refractivity contribution in [1.29, 1.82) is 0 Å². The van der Waals surface area contributed by atoms with E-state index < -0.39 is 17.2 Å². The Bertz CT molecular complexity index is 947. The lowest BCUT2D eigenvalue weighted by Gasteiger charge is -2.14. The maximum absolute atomic E-state index is 13.1. The van der Waals surface area contributed by atoms with E-state index >= 15 is 0 Å². The third-order valence-electron chi connectivity index (χ3n) is 3.63. The molecule has 0 radical (unpaired) electrons. The van der Waals surface area contributed by atoms with Crippen molar-refractivity contribution in [2.45, 2.75) is 17.4 Å². The number of amides is 3. The van der Waals surface area contributed by atoms with Gasteiger partial charge >= 0.3 is 6.03 Å². The molecule has 0 aliphatic heterocycles. The van der Waals surface area contributed by atoms with Gasteiger partial charge < -0.3 is 9.73 Å². The first-order valence-electron chi connectivity index (χ1n) is 8.46. The number of aromatic nitrogens is 2. The molecule has 0 fully saturated rings. The number of imide groups is 1. The van der Waals surface area contributed by atoms with Gasteiger partial charge in [0.05, 0.1) is 0 Å². The second kappa shape index (κ2) is 9.14. The minimum Gasteiger partial charge on any atom is -0.411 e. The second-order valence-electron chi connectivity index (χ2n) is 5.64. The van der Waals surface area contributed by atoms with E-state index in [1.54, 1.807) is 31.2 Å². The number of halogens is 1. The average molecular weight is 400 g/mol. The topological polar surface area (TPSA) is 97.1 Å². The fourth-order valence-electron chi connectivity index (χ4n) is 2.35. The Morgan fingerprint density at radius 3 is 2.50 bits per heavy atom. The van der Waals surface area contributed by atoms with Crippen LogP contribution in [0.25, 0.3) is 11.5 Å². The van der Waals surface area contributed by atoms with Crippen LogP contribution in [0.1, 0.15) is 17.7 Å². The molecule has 144 valence electrons. The lowest BCUT2D eigenvalue weighted by atomic mass is 10.1. The minimum absolute atomic E-state index is 0.152. The summed E-state index contributed by atoms with van der Waals surface area (Å²) in [5.74, 6) is -0.675. The summed E-state index contributed by atoms with van der Waals surface area (Å²) in [6, 6.07) is 14.0. The maximum atomic E-state index is 13.1. The van der Waals surface area contributed by atoms with E-state index in [0.717, 1.165) is 11.8 Å². The second-order valence-corrected chi connectivity index (χ2v) is 6.69. The fourth-order valence-corrected chi connectivity index (χ4v) is 3.23. The first kappa shape index (κ1) is 19.6. The van der Waals surface area contributed by atoms with Gasteiger partial charge in [0.1, 0.15) is 11.1 Å². The van der Waals surface area contributed by atoms with E-state index in [9.17, 15) is 14.0 Å². The number of nitrogens with zero attached hydrogens (tertiary/aromatic N) is 2. The standard InChI is InChI=1S/C19H17FN4O3S/c1-2-21-18(26)22-16(25)15(12-6-4-3-5-7-12)28-19-24-23-17(27-19)13-8-10-14(20)11-9-13/h3-11,15H,2H2,1H3,(H2,21,22,25,26)/t15-/m1/s1. The van der Waals surface area contributed by atoms with Crippen molar-refractivity contribution in [2.24, 2.45) is 0 Å². The molecule has 0 saturated carbocycles. The summed E-state index contributed by atoms with van der Waals surface area (Å²) in [5, 5.41) is 12.1. The van der Waals surface area contributed by atoms with Gasteiger partial charge in [0.25, 0.3) is 5.22 Å². The molecule has 1 aromatic heterocycles. The van der Waals surface area contributed by atoms with Crippen LogP contribution < -0.4 is 10.6 Å². The van der Waals surface area contributed by atoms with Gasteiger partial charge in [-0.15, -0.1) is 10.2 Å². The zero-order valence-electron chi connectivity index (χ0n) is 14.9. The molecule has 0 unspecified atom stereocenters. The Labute approximate surface area is 164 Å². The highest BCUT2D eigenvalue weighted by Gasteiger charge is 2.26. The molecular weight excluding hydrogens is 383 g/mol. The molecule has 0 aliphatic rings. The first-order valence-corrected chi connectivity index (χ1v) is 9.34. The van der Waals surface area contributed by atoms with Gasteiger partial charge in [-0.25, -0.2) is 9.18 Å². The number of hydrogen-bond acceptors (Lipinski definition) is 6. The molecule has 1 atom stereocenters.